The highest BCUT2D eigenvalue weighted by atomic mass is 16.7. The molecule has 2 bridgehead atoms. The molecule has 0 amide bonds. The standard InChI is InChI=1S/C35H40O11/c1-19-22(36)16-35(42)29(46-30(39)21-13-9-6-10-14-21)27-33(4,28(38)26(37)25(19)32(35,2)3)23(15-24-34(27,41)18-44-24)45-31(40)43-17-20-11-7-5-8-12-20/h5-14,22-24,26-27,29,36-37,41-42H,15-18H2,1-4H3. The molecule has 9 unspecified atom stereocenters. The first-order valence-corrected chi connectivity index (χ1v) is 15.5. The number of fused-ring (bicyclic) bond motifs is 5. The number of rotatable bonds is 5. The van der Waals surface area contributed by atoms with Crippen molar-refractivity contribution in [2.24, 2.45) is 16.7 Å². The first kappa shape index (κ1) is 32.3. The van der Waals surface area contributed by atoms with Crippen molar-refractivity contribution in [3.05, 3.63) is 82.9 Å². The van der Waals surface area contributed by atoms with Gasteiger partial charge in [-0.05, 0) is 42.7 Å². The second-order valence-corrected chi connectivity index (χ2v) is 13.7. The number of carbonyl (C=O) groups is 3. The van der Waals surface area contributed by atoms with Gasteiger partial charge in [0, 0.05) is 24.2 Å². The third-order valence-corrected chi connectivity index (χ3v) is 11.0. The third kappa shape index (κ3) is 4.71. The van der Waals surface area contributed by atoms with Gasteiger partial charge < -0.3 is 39.4 Å². The van der Waals surface area contributed by atoms with Gasteiger partial charge in [-0.3, -0.25) is 4.79 Å². The second kappa shape index (κ2) is 11.3. The van der Waals surface area contributed by atoms with Crippen LogP contribution in [0.25, 0.3) is 0 Å². The Morgan fingerprint density at radius 2 is 1.59 bits per heavy atom. The first-order chi connectivity index (χ1) is 21.7. The Balaban J connectivity index is 1.49. The molecule has 0 radical (unpaired) electrons. The van der Waals surface area contributed by atoms with E-state index >= 15 is 0 Å². The zero-order chi connectivity index (χ0) is 33.2. The molecule has 0 spiro atoms. The average Bonchev–Trinajstić information content (AvgIpc) is 3.03. The molecule has 2 aromatic carbocycles. The number of esters is 1. The van der Waals surface area contributed by atoms with Crippen molar-refractivity contribution < 1.29 is 53.8 Å². The summed E-state index contributed by atoms with van der Waals surface area (Å²) in [5.74, 6) is -3.11. The molecule has 6 rings (SSSR count). The maximum Gasteiger partial charge on any atom is 0.508 e. The molecule has 11 heteroatoms. The summed E-state index contributed by atoms with van der Waals surface area (Å²) >= 11 is 0. The van der Waals surface area contributed by atoms with Crippen LogP contribution in [0.1, 0.15) is 56.5 Å². The monoisotopic (exact) mass is 636 g/mol. The lowest BCUT2D eigenvalue weighted by Gasteiger charge is -2.66. The summed E-state index contributed by atoms with van der Waals surface area (Å²) in [6.07, 6.45) is -8.67. The van der Waals surface area contributed by atoms with Gasteiger partial charge in [0.15, 0.2) is 5.78 Å². The highest BCUT2D eigenvalue weighted by Crippen LogP contribution is 2.63. The van der Waals surface area contributed by atoms with Gasteiger partial charge in [-0.2, -0.15) is 0 Å². The van der Waals surface area contributed by atoms with E-state index in [4.69, 9.17) is 18.9 Å². The molecule has 1 aliphatic heterocycles. The summed E-state index contributed by atoms with van der Waals surface area (Å²) < 4.78 is 23.1. The van der Waals surface area contributed by atoms with E-state index < -0.39 is 76.4 Å². The normalized spacial score (nSPS) is 37.9. The van der Waals surface area contributed by atoms with Crippen LogP contribution in [0.5, 0.6) is 0 Å². The molecule has 1 saturated heterocycles. The summed E-state index contributed by atoms with van der Waals surface area (Å²) in [6.45, 7) is 5.85. The smallest absolute Gasteiger partial charge is 0.455 e. The largest absolute Gasteiger partial charge is 0.508 e. The van der Waals surface area contributed by atoms with Crippen molar-refractivity contribution in [2.75, 3.05) is 6.61 Å². The highest BCUT2D eigenvalue weighted by molar-refractivity contribution is 5.94. The van der Waals surface area contributed by atoms with Crippen LogP contribution in [-0.2, 0) is 30.3 Å². The number of hydrogen-bond donors (Lipinski definition) is 4. The van der Waals surface area contributed by atoms with Crippen molar-refractivity contribution in [1.29, 1.82) is 0 Å². The van der Waals surface area contributed by atoms with Crippen LogP contribution < -0.4 is 0 Å². The fourth-order valence-corrected chi connectivity index (χ4v) is 8.28. The average molecular weight is 637 g/mol. The molecule has 46 heavy (non-hydrogen) atoms. The summed E-state index contributed by atoms with van der Waals surface area (Å²) in [5.41, 5.74) is -6.10. The molecule has 3 fully saturated rings. The lowest BCUT2D eigenvalue weighted by Crippen LogP contribution is -2.81. The lowest BCUT2D eigenvalue weighted by atomic mass is 9.44. The quantitative estimate of drug-likeness (QED) is 0.281. The fourth-order valence-electron chi connectivity index (χ4n) is 8.28. The van der Waals surface area contributed by atoms with E-state index in [9.17, 15) is 34.8 Å². The molecule has 0 aromatic heterocycles. The Labute approximate surface area is 266 Å². The summed E-state index contributed by atoms with van der Waals surface area (Å²) in [5, 5.41) is 48.1. The molecule has 4 aliphatic rings. The van der Waals surface area contributed by atoms with Gasteiger partial charge >= 0.3 is 12.1 Å². The predicted molar refractivity (Wildman–Crippen MR) is 161 cm³/mol. The molecule has 4 N–H and O–H groups in total. The van der Waals surface area contributed by atoms with Gasteiger partial charge in [-0.1, -0.05) is 62.4 Å². The Morgan fingerprint density at radius 1 is 0.957 bits per heavy atom. The predicted octanol–water partition coefficient (Wildman–Crippen LogP) is 2.87. The van der Waals surface area contributed by atoms with Crippen molar-refractivity contribution >= 4 is 17.9 Å². The zero-order valence-corrected chi connectivity index (χ0v) is 26.2. The van der Waals surface area contributed by atoms with Crippen LogP contribution in [0, 0.1) is 16.7 Å². The van der Waals surface area contributed by atoms with Crippen molar-refractivity contribution in [2.45, 2.75) is 88.9 Å². The molecule has 2 aromatic rings. The Morgan fingerprint density at radius 3 is 2.20 bits per heavy atom. The number of aliphatic hydroxyl groups excluding tert-OH is 2. The maximum absolute atomic E-state index is 14.7. The van der Waals surface area contributed by atoms with Crippen LogP contribution in [-0.4, -0.2) is 86.7 Å². The highest BCUT2D eigenvalue weighted by Gasteiger charge is 2.77. The van der Waals surface area contributed by atoms with E-state index in [1.807, 2.05) is 6.07 Å². The maximum atomic E-state index is 14.7. The number of Topliss-reactive ketones (excluding diaryl/α,β-unsaturated/α-hetero) is 1. The Bertz CT molecular complexity index is 1550. The van der Waals surface area contributed by atoms with Crippen LogP contribution in [0.2, 0.25) is 0 Å². The van der Waals surface area contributed by atoms with Crippen molar-refractivity contribution in [3.8, 4) is 0 Å². The minimum Gasteiger partial charge on any atom is -0.455 e. The Kier molecular flexibility index (Phi) is 7.92. The van der Waals surface area contributed by atoms with Crippen molar-refractivity contribution in [3.63, 3.8) is 0 Å². The first-order valence-electron chi connectivity index (χ1n) is 15.5. The SMILES string of the molecule is CC1=C2C(O)C(=O)C3(C)C(OC(=O)OCc4ccccc4)CC4OCC4(O)C3C(OC(=O)c3ccccc3)C(O)(CC1O)C2(C)C. The number of ether oxygens (including phenoxy) is 4. The minimum absolute atomic E-state index is 0.0727. The molecule has 9 atom stereocenters. The third-order valence-electron chi connectivity index (χ3n) is 11.0. The van der Waals surface area contributed by atoms with Gasteiger partial charge in [-0.15, -0.1) is 0 Å². The van der Waals surface area contributed by atoms with Gasteiger partial charge in [0.25, 0.3) is 0 Å². The van der Waals surface area contributed by atoms with E-state index in [1.165, 1.54) is 19.1 Å². The number of hydrogen-bond acceptors (Lipinski definition) is 11. The molecule has 2 saturated carbocycles. The van der Waals surface area contributed by atoms with E-state index in [-0.39, 0.29) is 37.2 Å². The summed E-state index contributed by atoms with van der Waals surface area (Å²) in [6, 6.07) is 17.0. The molecular weight excluding hydrogens is 596 g/mol. The van der Waals surface area contributed by atoms with Gasteiger partial charge in [-0.25, -0.2) is 9.59 Å². The fraction of sp³-hybridized carbons (Fsp3) is 0.514. The number of carbonyl (C=O) groups excluding carboxylic acids is 3. The van der Waals surface area contributed by atoms with Crippen LogP contribution >= 0.6 is 0 Å². The number of aliphatic hydroxyl groups is 4. The summed E-state index contributed by atoms with van der Waals surface area (Å²) in [7, 11) is 0. The molecule has 246 valence electrons. The van der Waals surface area contributed by atoms with Gasteiger partial charge in [0.05, 0.1) is 29.8 Å². The Hall–Kier alpha value is -3.61. The molecule has 11 nitrogen and oxygen atoms in total. The molecule has 3 aliphatic carbocycles. The van der Waals surface area contributed by atoms with E-state index in [0.29, 0.717) is 11.1 Å². The van der Waals surface area contributed by atoms with Gasteiger partial charge in [0.2, 0.25) is 0 Å². The summed E-state index contributed by atoms with van der Waals surface area (Å²) in [4.78, 5) is 41.6. The van der Waals surface area contributed by atoms with Crippen LogP contribution in [0.15, 0.2) is 71.8 Å². The number of ketones is 1. The van der Waals surface area contributed by atoms with E-state index in [1.54, 1.807) is 63.2 Å². The van der Waals surface area contributed by atoms with Crippen molar-refractivity contribution in [1.82, 2.24) is 0 Å². The van der Waals surface area contributed by atoms with E-state index in [2.05, 4.69) is 0 Å². The van der Waals surface area contributed by atoms with Gasteiger partial charge in [0.1, 0.15) is 36.1 Å². The molecule has 1 heterocycles. The lowest BCUT2D eigenvalue weighted by molar-refractivity contribution is -0.343. The van der Waals surface area contributed by atoms with Crippen LogP contribution in [0.3, 0.4) is 0 Å². The topological polar surface area (TPSA) is 169 Å². The van der Waals surface area contributed by atoms with Crippen LogP contribution in [0.4, 0.5) is 4.79 Å². The van der Waals surface area contributed by atoms with E-state index in [0.717, 1.165) is 0 Å². The molecular formula is C35H40O11. The number of benzene rings is 2. The second-order valence-electron chi connectivity index (χ2n) is 13.7. The zero-order valence-electron chi connectivity index (χ0n) is 26.2. The minimum atomic E-state index is -2.12.